The molecule has 0 saturated carbocycles. The van der Waals surface area contributed by atoms with E-state index in [0.717, 1.165) is 12.8 Å². The van der Waals surface area contributed by atoms with Crippen LogP contribution < -0.4 is 0 Å². The van der Waals surface area contributed by atoms with Gasteiger partial charge in [-0.1, -0.05) is 73.2 Å². The Morgan fingerprint density at radius 2 is 1.52 bits per heavy atom. The molecule has 0 spiro atoms. The van der Waals surface area contributed by atoms with Gasteiger partial charge in [-0.2, -0.15) is 0 Å². The van der Waals surface area contributed by atoms with E-state index in [-0.39, 0.29) is 11.2 Å². The highest BCUT2D eigenvalue weighted by molar-refractivity contribution is 5.28. The highest BCUT2D eigenvalue weighted by Gasteiger charge is 2.32. The average molecular weight is 365 g/mol. The van der Waals surface area contributed by atoms with E-state index in [0.29, 0.717) is 5.92 Å². The molecule has 0 aliphatic carbocycles. The van der Waals surface area contributed by atoms with Gasteiger partial charge in [-0.25, -0.2) is 0 Å². The number of allylic oxidation sites excluding steroid dienone is 2. The molecule has 2 rings (SSSR count). The Hall–Kier alpha value is -1.86. The van der Waals surface area contributed by atoms with Crippen LogP contribution in [0.2, 0.25) is 0 Å². The standard InChI is InChI=1S/C26H36O/c1-8-9-10-22-13-17-24(18-14-22)26(6,7)27-25(4,5)19-21(3)23-15-11-20(2)12-16-23/h8-9,11-18,21H,10,19H2,1-7H3/b9-8+. The van der Waals surface area contributed by atoms with Crippen molar-refractivity contribution >= 4 is 0 Å². The number of ether oxygens (including phenoxy) is 1. The van der Waals surface area contributed by atoms with Crippen molar-refractivity contribution < 1.29 is 4.74 Å². The van der Waals surface area contributed by atoms with Crippen LogP contribution in [-0.2, 0) is 16.8 Å². The normalized spacial score (nSPS) is 13.9. The molecule has 0 heterocycles. The highest BCUT2D eigenvalue weighted by atomic mass is 16.5. The van der Waals surface area contributed by atoms with E-state index >= 15 is 0 Å². The zero-order valence-corrected chi connectivity index (χ0v) is 18.2. The summed E-state index contributed by atoms with van der Waals surface area (Å²) in [4.78, 5) is 0. The molecule has 0 radical (unpaired) electrons. The third-order valence-electron chi connectivity index (χ3n) is 5.21. The molecule has 0 amide bonds. The molecule has 1 heteroatoms. The SMILES string of the molecule is C/C=C/Cc1ccc(C(C)(C)OC(C)(C)CC(C)c2ccc(C)cc2)cc1. The Labute approximate surface area is 166 Å². The Kier molecular flexibility index (Phi) is 7.06. The lowest BCUT2D eigenvalue weighted by atomic mass is 9.87. The number of benzene rings is 2. The van der Waals surface area contributed by atoms with E-state index in [1.54, 1.807) is 0 Å². The molecular formula is C26H36O. The lowest BCUT2D eigenvalue weighted by Gasteiger charge is -2.38. The summed E-state index contributed by atoms with van der Waals surface area (Å²) in [6.07, 6.45) is 6.25. The van der Waals surface area contributed by atoms with Crippen molar-refractivity contribution in [3.05, 3.63) is 82.9 Å². The zero-order valence-electron chi connectivity index (χ0n) is 18.2. The van der Waals surface area contributed by atoms with Crippen molar-refractivity contribution in [3.63, 3.8) is 0 Å². The van der Waals surface area contributed by atoms with Gasteiger partial charge in [0, 0.05) is 0 Å². The van der Waals surface area contributed by atoms with Crippen molar-refractivity contribution in [2.75, 3.05) is 0 Å². The molecule has 0 saturated heterocycles. The predicted molar refractivity (Wildman–Crippen MR) is 117 cm³/mol. The smallest absolute Gasteiger partial charge is 0.0882 e. The number of rotatable bonds is 8. The fourth-order valence-corrected chi connectivity index (χ4v) is 3.84. The summed E-state index contributed by atoms with van der Waals surface area (Å²) in [6, 6.07) is 17.7. The largest absolute Gasteiger partial charge is 0.365 e. The molecule has 0 bridgehead atoms. The summed E-state index contributed by atoms with van der Waals surface area (Å²) in [5.74, 6) is 0.458. The van der Waals surface area contributed by atoms with Crippen LogP contribution >= 0.6 is 0 Å². The van der Waals surface area contributed by atoms with Crippen molar-refractivity contribution in [1.29, 1.82) is 0 Å². The van der Waals surface area contributed by atoms with E-state index < -0.39 is 0 Å². The van der Waals surface area contributed by atoms with Gasteiger partial charge in [0.1, 0.15) is 0 Å². The van der Waals surface area contributed by atoms with E-state index in [2.05, 4.69) is 109 Å². The molecule has 1 atom stereocenters. The molecule has 0 fully saturated rings. The lowest BCUT2D eigenvalue weighted by molar-refractivity contribution is -0.132. The number of aryl methyl sites for hydroxylation is 1. The van der Waals surface area contributed by atoms with Gasteiger partial charge in [-0.15, -0.1) is 0 Å². The maximum atomic E-state index is 6.63. The summed E-state index contributed by atoms with van der Waals surface area (Å²) in [7, 11) is 0. The first kappa shape index (κ1) is 21.4. The number of hydrogen-bond donors (Lipinski definition) is 0. The minimum atomic E-state index is -0.324. The van der Waals surface area contributed by atoms with Gasteiger partial charge in [-0.05, 0) is 77.0 Å². The lowest BCUT2D eigenvalue weighted by Crippen LogP contribution is -2.36. The predicted octanol–water partition coefficient (Wildman–Crippen LogP) is 7.34. The number of hydrogen-bond acceptors (Lipinski definition) is 1. The monoisotopic (exact) mass is 364 g/mol. The quantitative estimate of drug-likeness (QED) is 0.445. The summed E-state index contributed by atoms with van der Waals surface area (Å²) >= 11 is 0. The van der Waals surface area contributed by atoms with Gasteiger partial charge >= 0.3 is 0 Å². The molecule has 0 aliphatic heterocycles. The van der Waals surface area contributed by atoms with Crippen molar-refractivity contribution in [3.8, 4) is 0 Å². The van der Waals surface area contributed by atoms with Crippen LogP contribution in [0.3, 0.4) is 0 Å². The van der Waals surface area contributed by atoms with Gasteiger partial charge in [0.2, 0.25) is 0 Å². The topological polar surface area (TPSA) is 9.23 Å². The van der Waals surface area contributed by atoms with Crippen molar-refractivity contribution in [2.45, 2.75) is 78.4 Å². The minimum Gasteiger partial charge on any atom is -0.365 e. The molecule has 2 aromatic rings. The minimum absolute atomic E-state index is 0.211. The van der Waals surface area contributed by atoms with Crippen LogP contribution in [0.5, 0.6) is 0 Å². The molecule has 0 aliphatic rings. The van der Waals surface area contributed by atoms with Gasteiger partial charge in [0.15, 0.2) is 0 Å². The van der Waals surface area contributed by atoms with E-state index in [9.17, 15) is 0 Å². The Bertz CT molecular complexity index is 733. The van der Waals surface area contributed by atoms with Crippen LogP contribution in [0.15, 0.2) is 60.7 Å². The second kappa shape index (κ2) is 8.89. The molecule has 2 aromatic carbocycles. The second-order valence-corrected chi connectivity index (χ2v) is 8.86. The summed E-state index contributed by atoms with van der Waals surface area (Å²) in [5, 5.41) is 0. The fraction of sp³-hybridized carbons (Fsp3) is 0.462. The summed E-state index contributed by atoms with van der Waals surface area (Å²) in [5.41, 5.74) is 4.71. The van der Waals surface area contributed by atoms with Crippen LogP contribution in [0.1, 0.15) is 76.1 Å². The molecule has 0 aromatic heterocycles. The maximum Gasteiger partial charge on any atom is 0.0882 e. The first-order chi connectivity index (χ1) is 12.6. The summed E-state index contributed by atoms with van der Waals surface area (Å²) < 4.78 is 6.63. The molecule has 27 heavy (non-hydrogen) atoms. The second-order valence-electron chi connectivity index (χ2n) is 8.86. The van der Waals surface area contributed by atoms with Crippen molar-refractivity contribution in [1.82, 2.24) is 0 Å². The zero-order chi connectivity index (χ0) is 20.1. The third-order valence-corrected chi connectivity index (χ3v) is 5.21. The third kappa shape index (κ3) is 6.36. The Morgan fingerprint density at radius 1 is 0.926 bits per heavy atom. The van der Waals surface area contributed by atoms with E-state index in [1.807, 2.05) is 0 Å². The molecule has 1 nitrogen and oxygen atoms in total. The first-order valence-electron chi connectivity index (χ1n) is 10.1. The molecule has 1 unspecified atom stereocenters. The van der Waals surface area contributed by atoms with Gasteiger partial charge in [0.25, 0.3) is 0 Å². The first-order valence-corrected chi connectivity index (χ1v) is 10.1. The van der Waals surface area contributed by atoms with Gasteiger partial charge < -0.3 is 4.74 Å². The summed E-state index contributed by atoms with van der Waals surface area (Å²) in [6.45, 7) is 15.2. The highest BCUT2D eigenvalue weighted by Crippen LogP contribution is 2.35. The fourth-order valence-electron chi connectivity index (χ4n) is 3.84. The average Bonchev–Trinajstić information content (AvgIpc) is 2.59. The van der Waals surface area contributed by atoms with Crippen LogP contribution in [0.25, 0.3) is 0 Å². The van der Waals surface area contributed by atoms with Crippen LogP contribution in [-0.4, -0.2) is 5.60 Å². The molecule has 0 N–H and O–H groups in total. The Morgan fingerprint density at radius 3 is 2.07 bits per heavy atom. The maximum absolute atomic E-state index is 6.63. The van der Waals surface area contributed by atoms with Gasteiger partial charge in [-0.3, -0.25) is 0 Å². The van der Waals surface area contributed by atoms with E-state index in [1.165, 1.54) is 22.3 Å². The van der Waals surface area contributed by atoms with Crippen LogP contribution in [0.4, 0.5) is 0 Å². The van der Waals surface area contributed by atoms with Gasteiger partial charge in [0.05, 0.1) is 11.2 Å². The molecule has 146 valence electrons. The molecular weight excluding hydrogens is 328 g/mol. The van der Waals surface area contributed by atoms with E-state index in [4.69, 9.17) is 4.74 Å². The van der Waals surface area contributed by atoms with Crippen LogP contribution in [0, 0.1) is 6.92 Å². The van der Waals surface area contributed by atoms with Crippen molar-refractivity contribution in [2.24, 2.45) is 0 Å². The Balaban J connectivity index is 2.06.